The zero-order valence-corrected chi connectivity index (χ0v) is 14.5. The molecule has 4 rings (SSSR count). The molecule has 0 aliphatic carbocycles. The maximum atomic E-state index is 4.73. The molecule has 4 aromatic carbocycles. The summed E-state index contributed by atoms with van der Waals surface area (Å²) in [6, 6.07) is 27.5. The second-order valence-corrected chi connectivity index (χ2v) is 6.40. The maximum Gasteiger partial charge on any atom is 0.0631 e. The van der Waals surface area contributed by atoms with E-state index in [4.69, 9.17) is 4.99 Å². The molecule has 4 aromatic rings. The Morgan fingerprint density at radius 2 is 1.28 bits per heavy atom. The summed E-state index contributed by atoms with van der Waals surface area (Å²) < 4.78 is 0. The van der Waals surface area contributed by atoms with Crippen LogP contribution in [0.25, 0.3) is 21.5 Å². The highest BCUT2D eigenvalue weighted by Crippen LogP contribution is 2.28. The Bertz CT molecular complexity index is 1010. The van der Waals surface area contributed by atoms with Crippen molar-refractivity contribution in [2.24, 2.45) is 4.99 Å². The SMILES string of the molecule is CN(C)c1ccc(N=Cc2c3ccccc3cc3ccccc23)cc1. The predicted octanol–water partition coefficient (Wildman–Crippen LogP) is 5.81. The molecule has 0 N–H and O–H groups in total. The first-order chi connectivity index (χ1) is 12.2. The molecule has 0 unspecified atom stereocenters. The molecular weight excluding hydrogens is 304 g/mol. The van der Waals surface area contributed by atoms with Gasteiger partial charge in [0, 0.05) is 31.6 Å². The van der Waals surface area contributed by atoms with Crippen molar-refractivity contribution in [2.45, 2.75) is 0 Å². The molecule has 0 radical (unpaired) electrons. The van der Waals surface area contributed by atoms with Gasteiger partial charge in [-0.25, -0.2) is 0 Å². The van der Waals surface area contributed by atoms with Gasteiger partial charge in [0.25, 0.3) is 0 Å². The molecule has 0 aliphatic rings. The summed E-state index contributed by atoms with van der Waals surface area (Å²) in [6.45, 7) is 0. The third kappa shape index (κ3) is 2.99. The van der Waals surface area contributed by atoms with Crippen molar-refractivity contribution in [2.75, 3.05) is 19.0 Å². The van der Waals surface area contributed by atoms with E-state index >= 15 is 0 Å². The van der Waals surface area contributed by atoms with E-state index in [-0.39, 0.29) is 0 Å². The van der Waals surface area contributed by atoms with Gasteiger partial charge < -0.3 is 4.90 Å². The number of fused-ring (bicyclic) bond motifs is 2. The third-order valence-electron chi connectivity index (χ3n) is 4.52. The molecule has 0 amide bonds. The minimum absolute atomic E-state index is 0.961. The van der Waals surface area contributed by atoms with Crippen molar-refractivity contribution in [3.05, 3.63) is 84.4 Å². The first kappa shape index (κ1) is 15.4. The molecule has 0 heterocycles. The standard InChI is InChI=1S/C23H20N2/c1-25(2)20-13-11-19(12-14-20)24-16-23-21-9-5-3-7-17(21)15-18-8-4-6-10-22(18)23/h3-16H,1-2H3. The lowest BCUT2D eigenvalue weighted by molar-refractivity contribution is 1.13. The predicted molar refractivity (Wildman–Crippen MR) is 109 cm³/mol. The summed E-state index contributed by atoms with van der Waals surface area (Å²) in [4.78, 5) is 6.82. The van der Waals surface area contributed by atoms with E-state index in [0.717, 1.165) is 5.69 Å². The van der Waals surface area contributed by atoms with Crippen molar-refractivity contribution in [1.82, 2.24) is 0 Å². The number of benzene rings is 4. The Morgan fingerprint density at radius 1 is 0.720 bits per heavy atom. The Kier molecular flexibility index (Phi) is 3.95. The van der Waals surface area contributed by atoms with Crippen LogP contribution in [0.15, 0.2) is 83.9 Å². The van der Waals surface area contributed by atoms with Crippen LogP contribution in [-0.2, 0) is 0 Å². The molecule has 0 bridgehead atoms. The molecule has 0 atom stereocenters. The molecule has 2 nitrogen and oxygen atoms in total. The minimum atomic E-state index is 0.961. The average molecular weight is 324 g/mol. The van der Waals surface area contributed by atoms with Gasteiger partial charge in [0.15, 0.2) is 0 Å². The summed E-state index contributed by atoms with van der Waals surface area (Å²) in [6.07, 6.45) is 2.00. The number of anilines is 1. The van der Waals surface area contributed by atoms with E-state index in [1.54, 1.807) is 0 Å². The molecule has 2 heteroatoms. The van der Waals surface area contributed by atoms with E-state index in [1.165, 1.54) is 32.8 Å². The van der Waals surface area contributed by atoms with Crippen molar-refractivity contribution < 1.29 is 0 Å². The monoisotopic (exact) mass is 324 g/mol. The smallest absolute Gasteiger partial charge is 0.0631 e. The van der Waals surface area contributed by atoms with Gasteiger partial charge in [0.1, 0.15) is 0 Å². The van der Waals surface area contributed by atoms with Gasteiger partial charge >= 0.3 is 0 Å². The Hall–Kier alpha value is -3.13. The van der Waals surface area contributed by atoms with E-state index in [9.17, 15) is 0 Å². The van der Waals surface area contributed by atoms with E-state index in [2.05, 4.69) is 83.8 Å². The first-order valence-corrected chi connectivity index (χ1v) is 8.44. The van der Waals surface area contributed by atoms with Gasteiger partial charge in [0.05, 0.1) is 5.69 Å². The molecule has 25 heavy (non-hydrogen) atoms. The van der Waals surface area contributed by atoms with Crippen LogP contribution in [0.2, 0.25) is 0 Å². The first-order valence-electron chi connectivity index (χ1n) is 8.44. The quantitative estimate of drug-likeness (QED) is 0.343. The van der Waals surface area contributed by atoms with Gasteiger partial charge in [-0.3, -0.25) is 4.99 Å². The second kappa shape index (κ2) is 6.40. The average Bonchev–Trinajstić information content (AvgIpc) is 2.65. The fraction of sp³-hybridized carbons (Fsp3) is 0.0870. The van der Waals surface area contributed by atoms with Crippen molar-refractivity contribution in [1.29, 1.82) is 0 Å². The largest absolute Gasteiger partial charge is 0.378 e. The molecule has 0 fully saturated rings. The molecule has 0 saturated carbocycles. The molecule has 0 aliphatic heterocycles. The van der Waals surface area contributed by atoms with Crippen LogP contribution in [0, 0.1) is 0 Å². The number of aliphatic imine (C=N–C) groups is 1. The van der Waals surface area contributed by atoms with Crippen LogP contribution in [0.5, 0.6) is 0 Å². The summed E-state index contributed by atoms with van der Waals surface area (Å²) in [5.41, 5.74) is 3.31. The molecule has 0 saturated heterocycles. The van der Waals surface area contributed by atoms with Crippen LogP contribution in [0.1, 0.15) is 5.56 Å². The Balaban J connectivity index is 1.84. The van der Waals surface area contributed by atoms with Crippen LogP contribution < -0.4 is 4.90 Å². The highest BCUT2D eigenvalue weighted by Gasteiger charge is 2.05. The summed E-state index contributed by atoms with van der Waals surface area (Å²) in [7, 11) is 4.08. The molecule has 0 aromatic heterocycles. The Morgan fingerprint density at radius 3 is 1.84 bits per heavy atom. The number of rotatable bonds is 3. The number of hydrogen-bond acceptors (Lipinski definition) is 2. The van der Waals surface area contributed by atoms with Gasteiger partial charge in [0.2, 0.25) is 0 Å². The fourth-order valence-corrected chi connectivity index (χ4v) is 3.16. The van der Waals surface area contributed by atoms with E-state index in [0.29, 0.717) is 0 Å². The molecule has 0 spiro atoms. The van der Waals surface area contributed by atoms with E-state index in [1.807, 2.05) is 20.3 Å². The summed E-state index contributed by atoms with van der Waals surface area (Å²) in [5.74, 6) is 0. The third-order valence-corrected chi connectivity index (χ3v) is 4.52. The second-order valence-electron chi connectivity index (χ2n) is 6.40. The van der Waals surface area contributed by atoms with E-state index < -0.39 is 0 Å². The normalized spacial score (nSPS) is 11.4. The fourth-order valence-electron chi connectivity index (χ4n) is 3.16. The van der Waals surface area contributed by atoms with Crippen LogP contribution in [0.4, 0.5) is 11.4 Å². The van der Waals surface area contributed by atoms with Crippen molar-refractivity contribution in [3.63, 3.8) is 0 Å². The highest BCUT2D eigenvalue weighted by atomic mass is 15.1. The van der Waals surface area contributed by atoms with Crippen LogP contribution >= 0.6 is 0 Å². The summed E-state index contributed by atoms with van der Waals surface area (Å²) >= 11 is 0. The maximum absolute atomic E-state index is 4.73. The Labute approximate surface area is 148 Å². The van der Waals surface area contributed by atoms with Gasteiger partial charge in [-0.2, -0.15) is 0 Å². The lowest BCUT2D eigenvalue weighted by Crippen LogP contribution is -2.07. The topological polar surface area (TPSA) is 15.6 Å². The van der Waals surface area contributed by atoms with Gasteiger partial charge in [-0.15, -0.1) is 0 Å². The van der Waals surface area contributed by atoms with Crippen LogP contribution in [-0.4, -0.2) is 20.3 Å². The number of hydrogen-bond donors (Lipinski definition) is 0. The lowest BCUT2D eigenvalue weighted by atomic mass is 9.97. The van der Waals surface area contributed by atoms with Gasteiger partial charge in [-0.05, 0) is 51.9 Å². The summed E-state index contributed by atoms with van der Waals surface area (Å²) in [5, 5.41) is 4.95. The van der Waals surface area contributed by atoms with Crippen molar-refractivity contribution in [3.8, 4) is 0 Å². The number of nitrogens with zero attached hydrogens (tertiary/aromatic N) is 2. The highest BCUT2D eigenvalue weighted by molar-refractivity contribution is 6.13. The zero-order chi connectivity index (χ0) is 17.2. The van der Waals surface area contributed by atoms with Gasteiger partial charge in [-0.1, -0.05) is 48.5 Å². The van der Waals surface area contributed by atoms with Crippen LogP contribution in [0.3, 0.4) is 0 Å². The molecular formula is C23H20N2. The zero-order valence-electron chi connectivity index (χ0n) is 14.5. The lowest BCUT2D eigenvalue weighted by Gasteiger charge is -2.11. The minimum Gasteiger partial charge on any atom is -0.378 e. The van der Waals surface area contributed by atoms with Crippen molar-refractivity contribution >= 4 is 39.1 Å². The molecule has 122 valence electrons.